The molecular formula is C10H11O4P. The van der Waals surface area contributed by atoms with Gasteiger partial charge in [-0.25, -0.2) is 4.79 Å². The third-order valence-electron chi connectivity index (χ3n) is 1.77. The summed E-state index contributed by atoms with van der Waals surface area (Å²) < 4.78 is 4.94. The van der Waals surface area contributed by atoms with E-state index in [0.717, 1.165) is 5.56 Å². The van der Waals surface area contributed by atoms with Crippen LogP contribution in [0, 0.1) is 0 Å². The average molecular weight is 226 g/mol. The van der Waals surface area contributed by atoms with Crippen LogP contribution in [0.4, 0.5) is 0 Å². The lowest BCUT2D eigenvalue weighted by Crippen LogP contribution is -2.12. The van der Waals surface area contributed by atoms with Gasteiger partial charge in [-0.15, -0.1) is 0 Å². The molecule has 1 N–H and O–H groups in total. The van der Waals surface area contributed by atoms with E-state index in [0.29, 0.717) is 0 Å². The highest BCUT2D eigenvalue weighted by Crippen LogP contribution is 2.18. The van der Waals surface area contributed by atoms with Crippen molar-refractivity contribution in [3.8, 4) is 0 Å². The van der Waals surface area contributed by atoms with Crippen molar-refractivity contribution in [2.75, 3.05) is 0 Å². The Morgan fingerprint density at radius 3 is 2.60 bits per heavy atom. The summed E-state index contributed by atoms with van der Waals surface area (Å²) >= 11 is 0. The van der Waals surface area contributed by atoms with Crippen LogP contribution in [0.5, 0.6) is 0 Å². The van der Waals surface area contributed by atoms with Crippen molar-refractivity contribution in [1.29, 1.82) is 0 Å². The Morgan fingerprint density at radius 1 is 1.47 bits per heavy atom. The zero-order valence-electron chi connectivity index (χ0n) is 8.21. The molecular weight excluding hydrogens is 215 g/mol. The second-order valence-electron chi connectivity index (χ2n) is 2.91. The molecule has 5 heteroatoms. The van der Waals surface area contributed by atoms with Crippen LogP contribution in [-0.2, 0) is 15.9 Å². The molecule has 0 radical (unpaired) electrons. The van der Waals surface area contributed by atoms with E-state index in [1.165, 1.54) is 6.92 Å². The van der Waals surface area contributed by atoms with Gasteiger partial charge in [-0.3, -0.25) is 0 Å². The van der Waals surface area contributed by atoms with Crippen LogP contribution in [-0.4, -0.2) is 16.4 Å². The maximum absolute atomic E-state index is 11.3. The molecule has 80 valence electrons. The van der Waals surface area contributed by atoms with Gasteiger partial charge >= 0.3 is 5.97 Å². The van der Waals surface area contributed by atoms with Crippen molar-refractivity contribution in [1.82, 2.24) is 0 Å². The maximum Gasteiger partial charge on any atom is 0.376 e. The van der Waals surface area contributed by atoms with Crippen LogP contribution in [0.1, 0.15) is 12.5 Å². The fourth-order valence-electron chi connectivity index (χ4n) is 0.882. The zero-order chi connectivity index (χ0) is 11.3. The lowest BCUT2D eigenvalue weighted by atomic mass is 10.2. The third-order valence-corrected chi connectivity index (χ3v) is 2.88. The van der Waals surface area contributed by atoms with Gasteiger partial charge in [-0.2, -0.15) is 4.52 Å². The summed E-state index contributed by atoms with van der Waals surface area (Å²) in [4.78, 5) is 21.7. The molecule has 1 atom stereocenters. The van der Waals surface area contributed by atoms with Crippen molar-refractivity contribution in [3.05, 3.63) is 35.9 Å². The fourth-order valence-corrected chi connectivity index (χ4v) is 1.50. The van der Waals surface area contributed by atoms with E-state index < -0.39 is 14.0 Å². The smallest absolute Gasteiger partial charge is 0.376 e. The molecule has 0 heterocycles. The van der Waals surface area contributed by atoms with Gasteiger partial charge in [0.05, 0.1) is 0 Å². The van der Waals surface area contributed by atoms with E-state index in [-0.39, 0.29) is 11.9 Å². The lowest BCUT2D eigenvalue weighted by molar-refractivity contribution is -0.173. The quantitative estimate of drug-likeness (QED) is 0.782. The standard InChI is InChI=1S/C10H11O4P/c1-8(10(11)12)15(13)14-7-9-5-3-2-4-6-9/h2-6H,7H2,1H3,(H,11,12). The van der Waals surface area contributed by atoms with Gasteiger partial charge in [-0.1, -0.05) is 30.3 Å². The summed E-state index contributed by atoms with van der Waals surface area (Å²) in [5.74, 6) is -1.19. The highest BCUT2D eigenvalue weighted by Gasteiger charge is 2.14. The Kier molecular flexibility index (Phi) is 4.43. The minimum Gasteiger partial charge on any atom is -0.603 e. The van der Waals surface area contributed by atoms with E-state index in [1.807, 2.05) is 30.3 Å². The molecule has 0 amide bonds. The Hall–Kier alpha value is -1.22. The first kappa shape index (κ1) is 11.9. The largest absolute Gasteiger partial charge is 0.603 e. The van der Waals surface area contributed by atoms with Gasteiger partial charge in [-0.05, 0) is 5.56 Å². The Balaban J connectivity index is 2.58. The van der Waals surface area contributed by atoms with Crippen LogP contribution in [0.3, 0.4) is 0 Å². The third kappa shape index (κ3) is 3.80. The normalized spacial score (nSPS) is 12.1. The molecule has 15 heavy (non-hydrogen) atoms. The van der Waals surface area contributed by atoms with Crippen LogP contribution < -0.4 is 4.89 Å². The predicted octanol–water partition coefficient (Wildman–Crippen LogP) is 1.15. The van der Waals surface area contributed by atoms with Gasteiger partial charge in [0, 0.05) is 6.92 Å². The summed E-state index contributed by atoms with van der Waals surface area (Å²) in [6.45, 7) is 1.44. The van der Waals surface area contributed by atoms with Crippen LogP contribution >= 0.6 is 8.00 Å². The van der Waals surface area contributed by atoms with E-state index in [1.54, 1.807) is 0 Å². The monoisotopic (exact) mass is 226 g/mol. The number of hydrogen-bond donors (Lipinski definition) is 1. The number of carbonyl (C=O) groups is 1. The fraction of sp³-hybridized carbons (Fsp3) is 0.200. The summed E-state index contributed by atoms with van der Waals surface area (Å²) in [6.07, 6.45) is 0. The first-order valence-corrected chi connectivity index (χ1v) is 5.50. The maximum atomic E-state index is 11.3. The molecule has 0 aliphatic heterocycles. The molecule has 1 aromatic rings. The number of benzene rings is 1. The van der Waals surface area contributed by atoms with Gasteiger partial charge in [0.1, 0.15) is 6.61 Å². The molecule has 0 aliphatic rings. The minimum absolute atomic E-state index is 0.153. The van der Waals surface area contributed by atoms with Crippen LogP contribution in [0.15, 0.2) is 30.3 Å². The Bertz CT molecular complexity index is 372. The summed E-state index contributed by atoms with van der Waals surface area (Å²) in [5, 5.41) is 8.38. The highest BCUT2D eigenvalue weighted by atomic mass is 31.1. The summed E-state index contributed by atoms with van der Waals surface area (Å²) in [6, 6.07) is 9.16. The second kappa shape index (κ2) is 5.61. The van der Waals surface area contributed by atoms with Crippen molar-refractivity contribution >= 4 is 19.3 Å². The molecule has 0 aliphatic carbocycles. The van der Waals surface area contributed by atoms with Gasteiger partial charge in [0.2, 0.25) is 13.3 Å². The van der Waals surface area contributed by atoms with Crippen LogP contribution in [0.25, 0.3) is 0 Å². The van der Waals surface area contributed by atoms with Gasteiger partial charge in [0.15, 0.2) is 0 Å². The predicted molar refractivity (Wildman–Crippen MR) is 56.5 cm³/mol. The molecule has 0 bridgehead atoms. The minimum atomic E-state index is -2.24. The molecule has 1 aromatic carbocycles. The highest BCUT2D eigenvalue weighted by molar-refractivity contribution is 7.49. The van der Waals surface area contributed by atoms with Crippen molar-refractivity contribution in [2.45, 2.75) is 13.5 Å². The summed E-state index contributed by atoms with van der Waals surface area (Å²) in [7, 11) is -2.24. The number of carboxylic acids is 1. The number of rotatable bonds is 4. The molecule has 1 unspecified atom stereocenters. The van der Waals surface area contributed by atoms with E-state index in [2.05, 4.69) is 0 Å². The number of aliphatic carboxylic acids is 1. The molecule has 0 saturated carbocycles. The van der Waals surface area contributed by atoms with Gasteiger partial charge in [0.25, 0.3) is 0 Å². The van der Waals surface area contributed by atoms with E-state index in [9.17, 15) is 9.69 Å². The summed E-state index contributed by atoms with van der Waals surface area (Å²) in [5.41, 5.74) is 0.860. The zero-order valence-corrected chi connectivity index (χ0v) is 9.11. The lowest BCUT2D eigenvalue weighted by Gasteiger charge is -2.00. The van der Waals surface area contributed by atoms with Crippen LogP contribution in [0.2, 0.25) is 0 Å². The topological polar surface area (TPSA) is 69.6 Å². The average Bonchev–Trinajstić information content (AvgIpc) is 2.26. The molecule has 0 spiro atoms. The van der Waals surface area contributed by atoms with Crippen molar-refractivity contribution in [2.24, 2.45) is 0 Å². The number of hydrogen-bond acceptors (Lipinski definition) is 3. The molecule has 1 rings (SSSR count). The first-order chi connectivity index (χ1) is 7.11. The van der Waals surface area contributed by atoms with E-state index in [4.69, 9.17) is 9.63 Å². The molecule has 0 fully saturated rings. The Morgan fingerprint density at radius 2 is 2.07 bits per heavy atom. The van der Waals surface area contributed by atoms with Crippen molar-refractivity contribution in [3.63, 3.8) is 0 Å². The number of carboxylic acid groups (broad SMARTS) is 1. The van der Waals surface area contributed by atoms with Crippen molar-refractivity contribution < 1.29 is 19.3 Å². The second-order valence-corrected chi connectivity index (χ2v) is 4.35. The van der Waals surface area contributed by atoms with Gasteiger partial charge < -0.3 is 10.00 Å². The Labute approximate surface area is 88.7 Å². The SMILES string of the molecule is CC(C(=O)O)=[P+]([O-])OCc1ccccc1. The molecule has 0 aromatic heterocycles. The first-order valence-electron chi connectivity index (χ1n) is 4.32. The molecule has 0 saturated heterocycles. The molecule has 4 nitrogen and oxygen atoms in total. The van der Waals surface area contributed by atoms with E-state index >= 15 is 0 Å².